The second-order valence-corrected chi connectivity index (χ2v) is 7.38. The number of nitrogens with one attached hydrogen (secondary N) is 2. The molecule has 114 valence electrons. The number of benzene rings is 1. The fourth-order valence-electron chi connectivity index (χ4n) is 2.19. The predicted molar refractivity (Wildman–Crippen MR) is 91.5 cm³/mol. The van der Waals surface area contributed by atoms with E-state index in [4.69, 9.17) is 0 Å². The van der Waals surface area contributed by atoms with E-state index >= 15 is 0 Å². The summed E-state index contributed by atoms with van der Waals surface area (Å²) >= 11 is 1.73. The Morgan fingerprint density at radius 2 is 2.27 bits per heavy atom. The minimum Gasteiger partial charge on any atom is -0.380 e. The molecule has 3 aromatic rings. The zero-order chi connectivity index (χ0) is 15.4. The summed E-state index contributed by atoms with van der Waals surface area (Å²) in [6.45, 7) is 2.82. The highest BCUT2D eigenvalue weighted by Crippen LogP contribution is 2.22. The van der Waals surface area contributed by atoms with Crippen LogP contribution < -0.4 is 5.32 Å². The first-order valence-corrected chi connectivity index (χ1v) is 9.16. The summed E-state index contributed by atoms with van der Waals surface area (Å²) in [6.07, 6.45) is 3.32. The molecule has 0 aliphatic rings. The SMILES string of the molecule is Cc1ccc(NCc2cccs2)c(CS(=O)c2ncc[nH]2)c1. The molecule has 3 rings (SSSR count). The Labute approximate surface area is 136 Å². The summed E-state index contributed by atoms with van der Waals surface area (Å²) in [4.78, 5) is 8.27. The number of anilines is 1. The third kappa shape index (κ3) is 3.64. The fraction of sp³-hybridized carbons (Fsp3) is 0.188. The molecule has 0 saturated heterocycles. The molecule has 0 saturated carbocycles. The number of thiophene rings is 1. The van der Waals surface area contributed by atoms with Gasteiger partial charge in [0, 0.05) is 29.5 Å². The van der Waals surface area contributed by atoms with Gasteiger partial charge >= 0.3 is 0 Å². The van der Waals surface area contributed by atoms with Crippen LogP contribution in [0.1, 0.15) is 16.0 Å². The van der Waals surface area contributed by atoms with Crippen LogP contribution in [0.25, 0.3) is 0 Å². The zero-order valence-corrected chi connectivity index (χ0v) is 13.8. The second-order valence-electron chi connectivity index (χ2n) is 4.98. The third-order valence-corrected chi connectivity index (χ3v) is 5.37. The van der Waals surface area contributed by atoms with E-state index in [-0.39, 0.29) is 0 Å². The van der Waals surface area contributed by atoms with E-state index in [1.165, 1.54) is 4.88 Å². The van der Waals surface area contributed by atoms with E-state index in [2.05, 4.69) is 44.9 Å². The minimum absolute atomic E-state index is 0.446. The highest BCUT2D eigenvalue weighted by molar-refractivity contribution is 7.84. The van der Waals surface area contributed by atoms with E-state index in [1.54, 1.807) is 23.7 Å². The van der Waals surface area contributed by atoms with Crippen molar-refractivity contribution in [1.29, 1.82) is 0 Å². The largest absolute Gasteiger partial charge is 0.380 e. The molecule has 0 radical (unpaired) electrons. The Balaban J connectivity index is 1.77. The molecule has 1 aromatic carbocycles. The highest BCUT2D eigenvalue weighted by atomic mass is 32.2. The lowest BCUT2D eigenvalue weighted by molar-refractivity contribution is 0.677. The molecule has 4 nitrogen and oxygen atoms in total. The first-order chi connectivity index (χ1) is 10.7. The normalized spacial score (nSPS) is 12.2. The lowest BCUT2D eigenvalue weighted by Crippen LogP contribution is -2.05. The van der Waals surface area contributed by atoms with E-state index in [9.17, 15) is 4.21 Å². The van der Waals surface area contributed by atoms with Gasteiger partial charge in [-0.1, -0.05) is 23.8 Å². The summed E-state index contributed by atoms with van der Waals surface area (Å²) < 4.78 is 12.4. The van der Waals surface area contributed by atoms with Gasteiger partial charge in [-0.3, -0.25) is 4.21 Å². The first kappa shape index (κ1) is 15.0. The lowest BCUT2D eigenvalue weighted by atomic mass is 10.1. The Morgan fingerprint density at radius 3 is 3.00 bits per heavy atom. The van der Waals surface area contributed by atoms with Crippen molar-refractivity contribution < 1.29 is 4.21 Å². The van der Waals surface area contributed by atoms with Gasteiger partial charge in [0.2, 0.25) is 0 Å². The van der Waals surface area contributed by atoms with Crippen LogP contribution in [0.5, 0.6) is 0 Å². The number of hydrogen-bond donors (Lipinski definition) is 2. The summed E-state index contributed by atoms with van der Waals surface area (Å²) in [6, 6.07) is 10.3. The van der Waals surface area contributed by atoms with Gasteiger partial charge < -0.3 is 10.3 Å². The van der Waals surface area contributed by atoms with Crippen LogP contribution in [-0.4, -0.2) is 14.2 Å². The van der Waals surface area contributed by atoms with Gasteiger partial charge in [0.05, 0.1) is 16.6 Å². The number of hydrogen-bond acceptors (Lipinski definition) is 4. The van der Waals surface area contributed by atoms with Crippen LogP contribution in [0.4, 0.5) is 5.69 Å². The Bertz CT molecular complexity index is 752. The van der Waals surface area contributed by atoms with Crippen molar-refractivity contribution in [3.05, 3.63) is 64.1 Å². The molecule has 2 heterocycles. The van der Waals surface area contributed by atoms with Crippen LogP contribution in [0.15, 0.2) is 53.3 Å². The van der Waals surface area contributed by atoms with Gasteiger partial charge in [-0.05, 0) is 30.0 Å². The zero-order valence-electron chi connectivity index (χ0n) is 12.2. The number of rotatable bonds is 6. The molecule has 2 aromatic heterocycles. The molecule has 0 fully saturated rings. The maximum Gasteiger partial charge on any atom is 0.196 e. The van der Waals surface area contributed by atoms with Crippen molar-refractivity contribution >= 4 is 27.8 Å². The predicted octanol–water partition coefficient (Wildman–Crippen LogP) is 3.70. The molecule has 2 N–H and O–H groups in total. The van der Waals surface area contributed by atoms with Gasteiger partial charge in [-0.25, -0.2) is 4.98 Å². The molecular formula is C16H17N3OS2. The van der Waals surface area contributed by atoms with Crippen molar-refractivity contribution in [1.82, 2.24) is 9.97 Å². The third-order valence-electron chi connectivity index (χ3n) is 3.27. The summed E-state index contributed by atoms with van der Waals surface area (Å²) in [5.41, 5.74) is 3.23. The standard InChI is InChI=1S/C16H17N3OS2/c1-12-4-5-15(19-10-14-3-2-8-21-14)13(9-12)11-22(20)16-17-6-7-18-16/h2-9,19H,10-11H2,1H3,(H,17,18). The number of nitrogens with zero attached hydrogens (tertiary/aromatic N) is 1. The number of aromatic nitrogens is 2. The van der Waals surface area contributed by atoms with Crippen LogP contribution in [-0.2, 0) is 23.1 Å². The Kier molecular flexibility index (Phi) is 4.70. The van der Waals surface area contributed by atoms with Crippen molar-refractivity contribution in [2.24, 2.45) is 0 Å². The van der Waals surface area contributed by atoms with Gasteiger partial charge in [-0.2, -0.15) is 0 Å². The highest BCUT2D eigenvalue weighted by Gasteiger charge is 2.11. The maximum absolute atomic E-state index is 12.4. The molecule has 0 spiro atoms. The number of imidazole rings is 1. The monoisotopic (exact) mass is 331 g/mol. The van der Waals surface area contributed by atoms with E-state index in [0.29, 0.717) is 10.9 Å². The summed E-state index contributed by atoms with van der Waals surface area (Å²) in [5.74, 6) is 0.446. The topological polar surface area (TPSA) is 57.8 Å². The summed E-state index contributed by atoms with van der Waals surface area (Å²) in [7, 11) is -1.17. The Morgan fingerprint density at radius 1 is 1.36 bits per heavy atom. The van der Waals surface area contributed by atoms with Crippen molar-refractivity contribution in [3.8, 4) is 0 Å². The smallest absolute Gasteiger partial charge is 0.196 e. The molecule has 1 unspecified atom stereocenters. The van der Waals surface area contributed by atoms with Gasteiger partial charge in [0.15, 0.2) is 5.16 Å². The van der Waals surface area contributed by atoms with Crippen LogP contribution in [0, 0.1) is 6.92 Å². The molecule has 0 aliphatic carbocycles. The quantitative estimate of drug-likeness (QED) is 0.724. The van der Waals surface area contributed by atoms with E-state index < -0.39 is 10.8 Å². The summed E-state index contributed by atoms with van der Waals surface area (Å²) in [5, 5.41) is 6.03. The van der Waals surface area contributed by atoms with Crippen molar-refractivity contribution in [3.63, 3.8) is 0 Å². The maximum atomic E-state index is 12.4. The average molecular weight is 331 g/mol. The van der Waals surface area contributed by atoms with Crippen molar-refractivity contribution in [2.75, 3.05) is 5.32 Å². The molecule has 22 heavy (non-hydrogen) atoms. The van der Waals surface area contributed by atoms with E-state index in [1.807, 2.05) is 13.0 Å². The van der Waals surface area contributed by atoms with E-state index in [0.717, 1.165) is 23.4 Å². The van der Waals surface area contributed by atoms with Crippen LogP contribution in [0.2, 0.25) is 0 Å². The molecular weight excluding hydrogens is 314 g/mol. The van der Waals surface area contributed by atoms with Crippen molar-refractivity contribution in [2.45, 2.75) is 24.4 Å². The molecule has 0 amide bonds. The second kappa shape index (κ2) is 6.89. The molecule has 0 bridgehead atoms. The fourth-order valence-corrected chi connectivity index (χ4v) is 3.88. The number of H-pyrrole nitrogens is 1. The van der Waals surface area contributed by atoms with Crippen LogP contribution >= 0.6 is 11.3 Å². The Hall–Kier alpha value is -1.92. The molecule has 6 heteroatoms. The first-order valence-electron chi connectivity index (χ1n) is 6.96. The number of aromatic amines is 1. The molecule has 1 atom stereocenters. The van der Waals surface area contributed by atoms with Gasteiger partial charge in [0.1, 0.15) is 0 Å². The van der Waals surface area contributed by atoms with Gasteiger partial charge in [-0.15, -0.1) is 11.3 Å². The van der Waals surface area contributed by atoms with Crippen LogP contribution in [0.3, 0.4) is 0 Å². The lowest BCUT2D eigenvalue weighted by Gasteiger charge is -2.12. The van der Waals surface area contributed by atoms with Gasteiger partial charge in [0.25, 0.3) is 0 Å². The molecule has 0 aliphatic heterocycles. The average Bonchev–Trinajstić information content (AvgIpc) is 3.20. The minimum atomic E-state index is -1.17. The number of aryl methyl sites for hydroxylation is 1.